The van der Waals surface area contributed by atoms with E-state index in [1.807, 2.05) is 24.3 Å². The lowest BCUT2D eigenvalue weighted by molar-refractivity contribution is -0.384. The van der Waals surface area contributed by atoms with Crippen LogP contribution in [0.3, 0.4) is 0 Å². The Morgan fingerprint density at radius 3 is 2.70 bits per heavy atom. The summed E-state index contributed by atoms with van der Waals surface area (Å²) in [5.74, 6) is 0.0473. The summed E-state index contributed by atoms with van der Waals surface area (Å²) in [5.41, 5.74) is 2.77. The van der Waals surface area contributed by atoms with Gasteiger partial charge in [0.15, 0.2) is 0 Å². The zero-order valence-corrected chi connectivity index (χ0v) is 13.9. The number of carbonyl (C=O) groups excluding carboxylic acids is 1. The van der Waals surface area contributed by atoms with E-state index >= 15 is 0 Å². The van der Waals surface area contributed by atoms with Gasteiger partial charge in [-0.15, -0.1) is 5.10 Å². The predicted octanol–water partition coefficient (Wildman–Crippen LogP) is 2.37. The Balaban J connectivity index is 1.43. The number of nitro benzene ring substituents is 1. The van der Waals surface area contributed by atoms with Crippen LogP contribution in [-0.4, -0.2) is 35.8 Å². The highest BCUT2D eigenvalue weighted by Gasteiger charge is 2.11. The molecule has 2 aromatic carbocycles. The SMILES string of the molecule is O=C(Cn1cc(-c2ccc([N+](=O)[O-])cc2)nn1)Nc1nc2ccccc2[nH]1. The molecule has 0 aliphatic heterocycles. The minimum Gasteiger partial charge on any atom is -0.324 e. The maximum absolute atomic E-state index is 12.2. The summed E-state index contributed by atoms with van der Waals surface area (Å²) in [6.45, 7) is -0.0446. The topological polar surface area (TPSA) is 132 Å². The number of carbonyl (C=O) groups is 1. The minimum absolute atomic E-state index is 0.00338. The maximum atomic E-state index is 12.2. The molecule has 2 N–H and O–H groups in total. The lowest BCUT2D eigenvalue weighted by Gasteiger charge is -2.01. The number of rotatable bonds is 5. The van der Waals surface area contributed by atoms with Crippen LogP contribution in [-0.2, 0) is 11.3 Å². The molecule has 4 rings (SSSR count). The molecule has 0 unspecified atom stereocenters. The molecule has 0 atom stereocenters. The van der Waals surface area contributed by atoms with Gasteiger partial charge in [-0.05, 0) is 24.3 Å². The highest BCUT2D eigenvalue weighted by Crippen LogP contribution is 2.20. The van der Waals surface area contributed by atoms with Crippen molar-refractivity contribution in [2.45, 2.75) is 6.54 Å². The number of para-hydroxylation sites is 2. The van der Waals surface area contributed by atoms with E-state index in [0.717, 1.165) is 11.0 Å². The number of imidazole rings is 1. The Morgan fingerprint density at radius 2 is 1.96 bits per heavy atom. The van der Waals surface area contributed by atoms with E-state index < -0.39 is 4.92 Å². The quantitative estimate of drug-likeness (QED) is 0.413. The molecular weight excluding hydrogens is 350 g/mol. The average Bonchev–Trinajstić information content (AvgIpc) is 3.28. The second-order valence-electron chi connectivity index (χ2n) is 5.76. The van der Waals surface area contributed by atoms with Gasteiger partial charge in [-0.2, -0.15) is 0 Å². The molecule has 0 fully saturated rings. The Morgan fingerprint density at radius 1 is 1.19 bits per heavy atom. The number of hydrogen-bond acceptors (Lipinski definition) is 6. The van der Waals surface area contributed by atoms with E-state index in [1.165, 1.54) is 16.8 Å². The van der Waals surface area contributed by atoms with Gasteiger partial charge in [0.1, 0.15) is 12.2 Å². The number of non-ortho nitro benzene ring substituents is 1. The molecule has 0 spiro atoms. The van der Waals surface area contributed by atoms with E-state index in [1.54, 1.807) is 18.3 Å². The van der Waals surface area contributed by atoms with Gasteiger partial charge < -0.3 is 4.98 Å². The normalized spacial score (nSPS) is 10.8. The number of H-pyrrole nitrogens is 1. The zero-order chi connectivity index (χ0) is 18.8. The molecule has 0 aliphatic rings. The molecule has 2 heterocycles. The summed E-state index contributed by atoms with van der Waals surface area (Å²) in [6.07, 6.45) is 1.60. The van der Waals surface area contributed by atoms with E-state index in [0.29, 0.717) is 17.2 Å². The van der Waals surface area contributed by atoms with Crippen LogP contribution < -0.4 is 5.32 Å². The van der Waals surface area contributed by atoms with Gasteiger partial charge in [-0.25, -0.2) is 9.67 Å². The standard InChI is InChI=1S/C17H13N7O3/c25-16(20-17-18-13-3-1-2-4-14(13)19-17)10-23-9-15(21-22-23)11-5-7-12(8-6-11)24(26)27/h1-9H,10H2,(H2,18,19,20,25). The fraction of sp³-hybridized carbons (Fsp3) is 0.0588. The van der Waals surface area contributed by atoms with Crippen LogP contribution in [0.25, 0.3) is 22.3 Å². The van der Waals surface area contributed by atoms with Crippen LogP contribution in [0.4, 0.5) is 11.6 Å². The summed E-state index contributed by atoms with van der Waals surface area (Å²) in [6, 6.07) is 13.4. The van der Waals surface area contributed by atoms with Gasteiger partial charge in [-0.3, -0.25) is 20.2 Å². The molecule has 27 heavy (non-hydrogen) atoms. The molecule has 134 valence electrons. The molecule has 0 saturated carbocycles. The van der Waals surface area contributed by atoms with Crippen LogP contribution in [0.5, 0.6) is 0 Å². The predicted molar refractivity (Wildman–Crippen MR) is 96.8 cm³/mol. The number of aromatic nitrogens is 5. The van der Waals surface area contributed by atoms with Gasteiger partial charge in [-0.1, -0.05) is 17.3 Å². The number of aromatic amines is 1. The first-order chi connectivity index (χ1) is 13.1. The number of nitrogens with zero attached hydrogens (tertiary/aromatic N) is 5. The molecule has 0 radical (unpaired) electrons. The Labute approximate surface area is 152 Å². The van der Waals surface area contributed by atoms with E-state index in [2.05, 4.69) is 25.6 Å². The lowest BCUT2D eigenvalue weighted by Crippen LogP contribution is -2.19. The summed E-state index contributed by atoms with van der Waals surface area (Å²) in [4.78, 5) is 29.7. The van der Waals surface area contributed by atoms with E-state index in [-0.39, 0.29) is 18.1 Å². The van der Waals surface area contributed by atoms with E-state index in [9.17, 15) is 14.9 Å². The van der Waals surface area contributed by atoms with Gasteiger partial charge in [0.05, 0.1) is 22.2 Å². The van der Waals surface area contributed by atoms with Crippen molar-refractivity contribution in [2.75, 3.05) is 5.32 Å². The molecule has 0 saturated heterocycles. The van der Waals surface area contributed by atoms with Crippen molar-refractivity contribution in [3.05, 3.63) is 64.8 Å². The lowest BCUT2D eigenvalue weighted by atomic mass is 10.1. The fourth-order valence-electron chi connectivity index (χ4n) is 2.59. The first-order valence-electron chi connectivity index (χ1n) is 7.98. The second kappa shape index (κ2) is 6.67. The summed E-state index contributed by atoms with van der Waals surface area (Å²) in [7, 11) is 0. The highest BCUT2D eigenvalue weighted by atomic mass is 16.6. The van der Waals surface area contributed by atoms with Gasteiger partial charge >= 0.3 is 0 Å². The minimum atomic E-state index is -0.469. The van der Waals surface area contributed by atoms with Crippen LogP contribution in [0.2, 0.25) is 0 Å². The van der Waals surface area contributed by atoms with Gasteiger partial charge in [0.25, 0.3) is 5.69 Å². The monoisotopic (exact) mass is 363 g/mol. The molecule has 1 amide bonds. The van der Waals surface area contributed by atoms with Gasteiger partial charge in [0, 0.05) is 17.7 Å². The van der Waals surface area contributed by atoms with E-state index in [4.69, 9.17) is 0 Å². The van der Waals surface area contributed by atoms with Crippen molar-refractivity contribution in [2.24, 2.45) is 0 Å². The van der Waals surface area contributed by atoms with Crippen molar-refractivity contribution in [1.29, 1.82) is 0 Å². The maximum Gasteiger partial charge on any atom is 0.269 e. The number of hydrogen-bond donors (Lipinski definition) is 2. The third-order valence-electron chi connectivity index (χ3n) is 3.87. The molecule has 0 aliphatic carbocycles. The average molecular weight is 363 g/mol. The first-order valence-corrected chi connectivity index (χ1v) is 7.98. The van der Waals surface area contributed by atoms with Crippen molar-refractivity contribution in [1.82, 2.24) is 25.0 Å². The molecule has 10 nitrogen and oxygen atoms in total. The molecule has 4 aromatic rings. The largest absolute Gasteiger partial charge is 0.324 e. The van der Waals surface area contributed by atoms with Crippen molar-refractivity contribution >= 4 is 28.6 Å². The summed E-state index contributed by atoms with van der Waals surface area (Å²) in [5, 5.41) is 21.3. The number of amides is 1. The number of anilines is 1. The Hall–Kier alpha value is -4.08. The summed E-state index contributed by atoms with van der Waals surface area (Å²) < 4.78 is 1.38. The molecule has 10 heteroatoms. The third-order valence-corrected chi connectivity index (χ3v) is 3.87. The van der Waals surface area contributed by atoms with Crippen LogP contribution >= 0.6 is 0 Å². The number of nitro groups is 1. The molecular formula is C17H13N7O3. The Bertz CT molecular complexity index is 1100. The van der Waals surface area contributed by atoms with Crippen LogP contribution in [0.1, 0.15) is 0 Å². The Kier molecular flexibility index (Phi) is 4.05. The third kappa shape index (κ3) is 3.49. The number of fused-ring (bicyclic) bond motifs is 1. The van der Waals surface area contributed by atoms with Crippen molar-refractivity contribution < 1.29 is 9.72 Å². The van der Waals surface area contributed by atoms with Crippen molar-refractivity contribution in [3.8, 4) is 11.3 Å². The highest BCUT2D eigenvalue weighted by molar-refractivity contribution is 5.90. The second-order valence-corrected chi connectivity index (χ2v) is 5.76. The van der Waals surface area contributed by atoms with Crippen molar-refractivity contribution in [3.63, 3.8) is 0 Å². The van der Waals surface area contributed by atoms with Crippen LogP contribution in [0.15, 0.2) is 54.7 Å². The van der Waals surface area contributed by atoms with Crippen LogP contribution in [0, 0.1) is 10.1 Å². The van der Waals surface area contributed by atoms with Gasteiger partial charge in [0.2, 0.25) is 11.9 Å². The fourth-order valence-corrected chi connectivity index (χ4v) is 2.59. The zero-order valence-electron chi connectivity index (χ0n) is 13.9. The molecule has 2 aromatic heterocycles. The smallest absolute Gasteiger partial charge is 0.269 e. The molecule has 0 bridgehead atoms. The number of nitrogens with one attached hydrogen (secondary N) is 2. The first kappa shape index (κ1) is 16.4. The number of benzene rings is 2. The summed E-state index contributed by atoms with van der Waals surface area (Å²) >= 11 is 0.